The standard InChI is InChI=1S/C20H19NO2/c1-3-17-18-12-15(13-21)7-11-20(18)23-19(17)10-6-14-4-8-16(22-2)9-5-14/h4-5,7-9,11-12H,3,6,10H2,1-2H3. The molecule has 0 saturated heterocycles. The van der Waals surface area contributed by atoms with Crippen molar-refractivity contribution in [3.8, 4) is 11.8 Å². The fourth-order valence-electron chi connectivity index (χ4n) is 2.91. The molecular formula is C20H19NO2. The first-order valence-corrected chi connectivity index (χ1v) is 7.82. The van der Waals surface area contributed by atoms with Crippen LogP contribution in [0.1, 0.15) is 29.4 Å². The fraction of sp³-hybridized carbons (Fsp3) is 0.250. The summed E-state index contributed by atoms with van der Waals surface area (Å²) in [6.45, 7) is 2.13. The molecule has 0 aliphatic heterocycles. The van der Waals surface area contributed by atoms with Crippen molar-refractivity contribution in [2.45, 2.75) is 26.2 Å². The number of hydrogen-bond acceptors (Lipinski definition) is 3. The quantitative estimate of drug-likeness (QED) is 0.688. The van der Waals surface area contributed by atoms with Crippen LogP contribution in [-0.2, 0) is 19.3 Å². The third-order valence-corrected chi connectivity index (χ3v) is 4.16. The van der Waals surface area contributed by atoms with Crippen molar-refractivity contribution in [2.24, 2.45) is 0 Å². The summed E-state index contributed by atoms with van der Waals surface area (Å²) in [7, 11) is 1.67. The Kier molecular flexibility index (Phi) is 4.34. The normalized spacial score (nSPS) is 10.7. The number of hydrogen-bond donors (Lipinski definition) is 0. The van der Waals surface area contributed by atoms with Gasteiger partial charge in [-0.05, 0) is 48.7 Å². The molecule has 3 nitrogen and oxygen atoms in total. The van der Waals surface area contributed by atoms with E-state index in [1.165, 1.54) is 11.1 Å². The monoisotopic (exact) mass is 305 g/mol. The van der Waals surface area contributed by atoms with Crippen molar-refractivity contribution in [1.29, 1.82) is 5.26 Å². The SMILES string of the molecule is CCc1c(CCc2ccc(OC)cc2)oc2ccc(C#N)cc12. The summed E-state index contributed by atoms with van der Waals surface area (Å²) in [5.74, 6) is 1.89. The number of nitrogens with zero attached hydrogens (tertiary/aromatic N) is 1. The number of furan rings is 1. The largest absolute Gasteiger partial charge is 0.497 e. The van der Waals surface area contributed by atoms with Gasteiger partial charge in [0.05, 0.1) is 18.7 Å². The molecule has 0 radical (unpaired) electrons. The molecule has 1 aromatic heterocycles. The molecule has 0 amide bonds. The summed E-state index contributed by atoms with van der Waals surface area (Å²) in [5.41, 5.74) is 4.01. The number of fused-ring (bicyclic) bond motifs is 1. The first-order chi connectivity index (χ1) is 11.2. The molecule has 3 aromatic rings. The minimum absolute atomic E-state index is 0.676. The Hall–Kier alpha value is -2.73. The zero-order chi connectivity index (χ0) is 16.2. The maximum atomic E-state index is 9.07. The lowest BCUT2D eigenvalue weighted by atomic mass is 10.0. The summed E-state index contributed by atoms with van der Waals surface area (Å²) >= 11 is 0. The average molecular weight is 305 g/mol. The van der Waals surface area contributed by atoms with Gasteiger partial charge in [0.25, 0.3) is 0 Å². The number of rotatable bonds is 5. The first-order valence-electron chi connectivity index (χ1n) is 7.82. The van der Waals surface area contributed by atoms with Crippen LogP contribution in [0.25, 0.3) is 11.0 Å². The lowest BCUT2D eigenvalue weighted by Gasteiger charge is -2.03. The fourth-order valence-corrected chi connectivity index (χ4v) is 2.91. The van der Waals surface area contributed by atoms with Gasteiger partial charge in [0.1, 0.15) is 17.1 Å². The molecule has 0 spiro atoms. The van der Waals surface area contributed by atoms with E-state index >= 15 is 0 Å². The highest BCUT2D eigenvalue weighted by Crippen LogP contribution is 2.28. The van der Waals surface area contributed by atoms with E-state index in [0.29, 0.717) is 5.56 Å². The van der Waals surface area contributed by atoms with Gasteiger partial charge < -0.3 is 9.15 Å². The van der Waals surface area contributed by atoms with E-state index in [2.05, 4.69) is 25.1 Å². The van der Waals surface area contributed by atoms with Gasteiger partial charge in [0.2, 0.25) is 0 Å². The highest BCUT2D eigenvalue weighted by molar-refractivity contribution is 5.83. The molecule has 1 heterocycles. The van der Waals surface area contributed by atoms with Crippen LogP contribution in [0.15, 0.2) is 46.9 Å². The van der Waals surface area contributed by atoms with Crippen LogP contribution >= 0.6 is 0 Å². The highest BCUT2D eigenvalue weighted by atomic mass is 16.5. The summed E-state index contributed by atoms with van der Waals surface area (Å²) in [6.07, 6.45) is 2.67. The molecular weight excluding hydrogens is 286 g/mol. The van der Waals surface area contributed by atoms with E-state index in [1.807, 2.05) is 24.3 Å². The van der Waals surface area contributed by atoms with Gasteiger partial charge >= 0.3 is 0 Å². The molecule has 0 N–H and O–H groups in total. The summed E-state index contributed by atoms with van der Waals surface area (Å²) < 4.78 is 11.2. The van der Waals surface area contributed by atoms with E-state index in [9.17, 15) is 0 Å². The van der Waals surface area contributed by atoms with Gasteiger partial charge in [-0.3, -0.25) is 0 Å². The molecule has 116 valence electrons. The number of ether oxygens (including phenoxy) is 1. The topological polar surface area (TPSA) is 46.2 Å². The van der Waals surface area contributed by atoms with Crippen LogP contribution in [0.2, 0.25) is 0 Å². The average Bonchev–Trinajstić information content (AvgIpc) is 2.96. The van der Waals surface area contributed by atoms with Crippen LogP contribution in [0.4, 0.5) is 0 Å². The van der Waals surface area contributed by atoms with Crippen LogP contribution in [0.5, 0.6) is 5.75 Å². The van der Waals surface area contributed by atoms with Crippen molar-refractivity contribution in [2.75, 3.05) is 7.11 Å². The van der Waals surface area contributed by atoms with Crippen LogP contribution < -0.4 is 4.74 Å². The third kappa shape index (κ3) is 3.07. The van der Waals surface area contributed by atoms with Crippen LogP contribution in [0.3, 0.4) is 0 Å². The van der Waals surface area contributed by atoms with E-state index in [1.54, 1.807) is 13.2 Å². The third-order valence-electron chi connectivity index (χ3n) is 4.16. The Bertz CT molecular complexity index is 854. The highest BCUT2D eigenvalue weighted by Gasteiger charge is 2.13. The Morgan fingerprint density at radius 2 is 1.87 bits per heavy atom. The van der Waals surface area contributed by atoms with Gasteiger partial charge in [-0.25, -0.2) is 0 Å². The molecule has 2 aromatic carbocycles. The van der Waals surface area contributed by atoms with E-state index < -0.39 is 0 Å². The lowest BCUT2D eigenvalue weighted by molar-refractivity contribution is 0.414. The molecule has 0 bridgehead atoms. The molecule has 3 heteroatoms. The number of methoxy groups -OCH3 is 1. The first kappa shape index (κ1) is 15.2. The molecule has 0 fully saturated rings. The van der Waals surface area contributed by atoms with Gasteiger partial charge in [0.15, 0.2) is 0 Å². The molecule has 3 rings (SSSR count). The van der Waals surface area contributed by atoms with Gasteiger partial charge in [-0.2, -0.15) is 5.26 Å². The molecule has 0 aliphatic rings. The van der Waals surface area contributed by atoms with E-state index in [0.717, 1.165) is 41.7 Å². The maximum absolute atomic E-state index is 9.07. The molecule has 0 saturated carbocycles. The minimum atomic E-state index is 0.676. The van der Waals surface area contributed by atoms with Gasteiger partial charge in [-0.1, -0.05) is 19.1 Å². The van der Waals surface area contributed by atoms with E-state index in [4.69, 9.17) is 14.4 Å². The van der Waals surface area contributed by atoms with Gasteiger partial charge in [0, 0.05) is 17.4 Å². The van der Waals surface area contributed by atoms with Crippen molar-refractivity contribution in [1.82, 2.24) is 0 Å². The zero-order valence-corrected chi connectivity index (χ0v) is 13.4. The number of benzene rings is 2. The smallest absolute Gasteiger partial charge is 0.134 e. The Labute approximate surface area is 136 Å². The van der Waals surface area contributed by atoms with Crippen LogP contribution in [0, 0.1) is 11.3 Å². The predicted molar refractivity (Wildman–Crippen MR) is 90.7 cm³/mol. The lowest BCUT2D eigenvalue weighted by Crippen LogP contribution is -1.93. The minimum Gasteiger partial charge on any atom is -0.497 e. The zero-order valence-electron chi connectivity index (χ0n) is 13.4. The second-order valence-corrected chi connectivity index (χ2v) is 5.53. The summed E-state index contributed by atoms with van der Waals surface area (Å²) in [5, 5.41) is 10.1. The van der Waals surface area contributed by atoms with Crippen molar-refractivity contribution in [3.05, 3.63) is 64.9 Å². The van der Waals surface area contributed by atoms with Crippen LogP contribution in [-0.4, -0.2) is 7.11 Å². The van der Waals surface area contributed by atoms with E-state index in [-0.39, 0.29) is 0 Å². The molecule has 0 aliphatic carbocycles. The maximum Gasteiger partial charge on any atom is 0.134 e. The number of aryl methyl sites for hydroxylation is 3. The molecule has 0 unspecified atom stereocenters. The Morgan fingerprint density at radius 3 is 2.52 bits per heavy atom. The van der Waals surface area contributed by atoms with Crippen molar-refractivity contribution in [3.63, 3.8) is 0 Å². The summed E-state index contributed by atoms with van der Waals surface area (Å²) in [6, 6.07) is 15.9. The second kappa shape index (κ2) is 6.58. The molecule has 0 atom stereocenters. The predicted octanol–water partition coefficient (Wildman–Crippen LogP) is 4.66. The second-order valence-electron chi connectivity index (χ2n) is 5.53. The Morgan fingerprint density at radius 1 is 1.09 bits per heavy atom. The number of nitriles is 1. The summed E-state index contributed by atoms with van der Waals surface area (Å²) in [4.78, 5) is 0. The Balaban J connectivity index is 1.85. The molecule has 23 heavy (non-hydrogen) atoms. The van der Waals surface area contributed by atoms with Crippen molar-refractivity contribution < 1.29 is 9.15 Å². The van der Waals surface area contributed by atoms with Crippen molar-refractivity contribution >= 4 is 11.0 Å². The van der Waals surface area contributed by atoms with Gasteiger partial charge in [-0.15, -0.1) is 0 Å².